The first-order valence-corrected chi connectivity index (χ1v) is 12.6. The number of anilines is 2. The van der Waals surface area contributed by atoms with Gasteiger partial charge >= 0.3 is 6.03 Å². The number of hydrogen-bond donors (Lipinski definition) is 2. The molecule has 182 valence electrons. The van der Waals surface area contributed by atoms with Crippen molar-refractivity contribution in [2.45, 2.75) is 38.1 Å². The van der Waals surface area contributed by atoms with Gasteiger partial charge < -0.3 is 20.1 Å². The van der Waals surface area contributed by atoms with E-state index in [-0.39, 0.29) is 6.03 Å². The molecule has 2 heterocycles. The summed E-state index contributed by atoms with van der Waals surface area (Å²) in [4.78, 5) is 15.1. The molecule has 3 aromatic carbocycles. The molecular weight excluding hydrogens is 438 g/mol. The highest BCUT2D eigenvalue weighted by molar-refractivity contribution is 5.99. The molecule has 2 amide bonds. The van der Waals surface area contributed by atoms with Gasteiger partial charge in [-0.1, -0.05) is 24.6 Å². The van der Waals surface area contributed by atoms with E-state index in [1.165, 1.54) is 45.2 Å². The van der Waals surface area contributed by atoms with Crippen molar-refractivity contribution < 1.29 is 14.3 Å². The summed E-state index contributed by atoms with van der Waals surface area (Å²) in [6.45, 7) is 3.25. The standard InChI is InChI=1S/C29H33N3O3/c33-29(31-24-13-17-27(18-14-24)35-26-8-2-1-3-9-26)30-23-11-15-25(16-12-23)34-21-22-7-6-20-32-19-5-4-10-28(22)32/h1-3,8-9,11-18,22,28H,4-7,10,19-21H2,(H2,30,31,33). The molecule has 2 aliphatic heterocycles. The van der Waals surface area contributed by atoms with Crippen LogP contribution in [0.1, 0.15) is 32.1 Å². The van der Waals surface area contributed by atoms with Crippen molar-refractivity contribution in [1.82, 2.24) is 4.90 Å². The van der Waals surface area contributed by atoms with E-state index in [1.54, 1.807) is 0 Å². The van der Waals surface area contributed by atoms with Crippen molar-refractivity contribution in [1.29, 1.82) is 0 Å². The number of nitrogens with zero attached hydrogens (tertiary/aromatic N) is 1. The summed E-state index contributed by atoms with van der Waals surface area (Å²) in [5.41, 5.74) is 1.40. The maximum Gasteiger partial charge on any atom is 0.323 e. The van der Waals surface area contributed by atoms with Crippen LogP contribution >= 0.6 is 0 Å². The first-order valence-electron chi connectivity index (χ1n) is 12.6. The molecule has 0 aliphatic carbocycles. The van der Waals surface area contributed by atoms with Crippen LogP contribution in [0.15, 0.2) is 78.9 Å². The average molecular weight is 472 g/mol. The van der Waals surface area contributed by atoms with Gasteiger partial charge in [-0.2, -0.15) is 0 Å². The Morgan fingerprint density at radius 2 is 1.37 bits per heavy atom. The number of fused-ring (bicyclic) bond motifs is 1. The van der Waals surface area contributed by atoms with Crippen molar-refractivity contribution in [3.05, 3.63) is 78.9 Å². The number of carbonyl (C=O) groups excluding carboxylic acids is 1. The molecule has 3 aromatic rings. The van der Waals surface area contributed by atoms with Crippen molar-refractivity contribution in [2.75, 3.05) is 30.3 Å². The number of benzene rings is 3. The molecule has 2 aliphatic rings. The van der Waals surface area contributed by atoms with Crippen LogP contribution < -0.4 is 20.1 Å². The van der Waals surface area contributed by atoms with Crippen molar-refractivity contribution >= 4 is 17.4 Å². The van der Waals surface area contributed by atoms with Gasteiger partial charge in [0.2, 0.25) is 0 Å². The SMILES string of the molecule is O=C(Nc1ccc(OCC2CCCN3CCCCC23)cc1)Nc1ccc(Oc2ccccc2)cc1. The number of ether oxygens (including phenoxy) is 2. The third-order valence-electron chi connectivity index (χ3n) is 6.90. The summed E-state index contributed by atoms with van der Waals surface area (Å²) in [7, 11) is 0. The fraction of sp³-hybridized carbons (Fsp3) is 0.345. The smallest absolute Gasteiger partial charge is 0.323 e. The zero-order valence-electron chi connectivity index (χ0n) is 20.0. The molecule has 2 N–H and O–H groups in total. The molecule has 0 radical (unpaired) electrons. The van der Waals surface area contributed by atoms with Crippen LogP contribution in [0, 0.1) is 5.92 Å². The molecule has 5 rings (SSSR count). The second kappa shape index (κ2) is 11.3. The molecule has 2 atom stereocenters. The molecule has 0 bridgehead atoms. The van der Waals surface area contributed by atoms with E-state index in [9.17, 15) is 4.79 Å². The van der Waals surface area contributed by atoms with Gasteiger partial charge in [-0.15, -0.1) is 0 Å². The van der Waals surface area contributed by atoms with E-state index >= 15 is 0 Å². The summed E-state index contributed by atoms with van der Waals surface area (Å²) in [6.07, 6.45) is 6.49. The first kappa shape index (κ1) is 23.2. The van der Waals surface area contributed by atoms with Crippen LogP contribution in [0.2, 0.25) is 0 Å². The number of urea groups is 1. The lowest BCUT2D eigenvalue weighted by Gasteiger charge is -2.44. The monoisotopic (exact) mass is 471 g/mol. The Kier molecular flexibility index (Phi) is 7.49. The summed E-state index contributed by atoms with van der Waals surface area (Å²) in [5, 5.41) is 5.72. The molecule has 0 saturated carbocycles. The molecule has 0 aromatic heterocycles. The fourth-order valence-electron chi connectivity index (χ4n) is 5.13. The highest BCUT2D eigenvalue weighted by atomic mass is 16.5. The number of amides is 2. The van der Waals surface area contributed by atoms with Crippen LogP contribution in [-0.2, 0) is 0 Å². The molecule has 2 unspecified atom stereocenters. The van der Waals surface area contributed by atoms with Crippen LogP contribution in [0.25, 0.3) is 0 Å². The molecule has 6 nitrogen and oxygen atoms in total. The second-order valence-electron chi connectivity index (χ2n) is 9.36. The van der Waals surface area contributed by atoms with Crippen molar-refractivity contribution in [3.63, 3.8) is 0 Å². The van der Waals surface area contributed by atoms with E-state index in [4.69, 9.17) is 9.47 Å². The lowest BCUT2D eigenvalue weighted by atomic mass is 9.84. The third kappa shape index (κ3) is 6.34. The second-order valence-corrected chi connectivity index (χ2v) is 9.36. The van der Waals surface area contributed by atoms with Gasteiger partial charge in [0.25, 0.3) is 0 Å². The summed E-state index contributed by atoms with van der Waals surface area (Å²) in [6, 6.07) is 24.9. The Labute approximate surface area is 207 Å². The Hall–Kier alpha value is -3.51. The Balaban J connectivity index is 1.08. The average Bonchev–Trinajstić information content (AvgIpc) is 2.90. The highest BCUT2D eigenvalue weighted by Crippen LogP contribution is 2.31. The zero-order valence-corrected chi connectivity index (χ0v) is 20.0. The number of carbonyl (C=O) groups is 1. The predicted molar refractivity (Wildman–Crippen MR) is 139 cm³/mol. The Morgan fingerprint density at radius 1 is 0.743 bits per heavy atom. The van der Waals surface area contributed by atoms with Gasteiger partial charge in [0.05, 0.1) is 6.61 Å². The summed E-state index contributed by atoms with van der Waals surface area (Å²) >= 11 is 0. The predicted octanol–water partition coefficient (Wildman–Crippen LogP) is 6.77. The first-order chi connectivity index (χ1) is 17.2. The normalized spacial score (nSPS) is 19.9. The maximum atomic E-state index is 12.4. The summed E-state index contributed by atoms with van der Waals surface area (Å²) < 4.78 is 11.9. The van der Waals surface area contributed by atoms with E-state index in [2.05, 4.69) is 15.5 Å². The van der Waals surface area contributed by atoms with Crippen LogP contribution in [0.4, 0.5) is 16.2 Å². The number of nitrogens with one attached hydrogen (secondary N) is 2. The van der Waals surface area contributed by atoms with E-state index in [0.29, 0.717) is 23.4 Å². The fourth-order valence-corrected chi connectivity index (χ4v) is 5.13. The van der Waals surface area contributed by atoms with Gasteiger partial charge in [0.1, 0.15) is 17.2 Å². The number of para-hydroxylation sites is 1. The van der Waals surface area contributed by atoms with E-state index in [1.807, 2.05) is 78.9 Å². The molecule has 35 heavy (non-hydrogen) atoms. The minimum atomic E-state index is -0.296. The lowest BCUT2D eigenvalue weighted by molar-refractivity contribution is 0.0366. The Bertz CT molecular complexity index is 1080. The Morgan fingerprint density at radius 3 is 2.09 bits per heavy atom. The van der Waals surface area contributed by atoms with Crippen LogP contribution in [-0.4, -0.2) is 36.7 Å². The minimum absolute atomic E-state index is 0.296. The zero-order chi connectivity index (χ0) is 23.9. The topological polar surface area (TPSA) is 62.8 Å². The van der Waals surface area contributed by atoms with Gasteiger partial charge in [-0.25, -0.2) is 4.79 Å². The highest BCUT2D eigenvalue weighted by Gasteiger charge is 2.33. The lowest BCUT2D eigenvalue weighted by Crippen LogP contribution is -2.49. The van der Waals surface area contributed by atoms with Crippen LogP contribution in [0.5, 0.6) is 17.2 Å². The molecule has 2 saturated heterocycles. The number of piperidine rings is 2. The summed E-state index contributed by atoms with van der Waals surface area (Å²) in [5.74, 6) is 2.94. The maximum absolute atomic E-state index is 12.4. The van der Waals surface area contributed by atoms with Gasteiger partial charge in [0, 0.05) is 23.3 Å². The van der Waals surface area contributed by atoms with E-state index < -0.39 is 0 Å². The van der Waals surface area contributed by atoms with Crippen molar-refractivity contribution in [3.8, 4) is 17.2 Å². The van der Waals surface area contributed by atoms with Crippen LogP contribution in [0.3, 0.4) is 0 Å². The van der Waals surface area contributed by atoms with Gasteiger partial charge in [0.15, 0.2) is 0 Å². The molecule has 6 heteroatoms. The van der Waals surface area contributed by atoms with Gasteiger partial charge in [-0.3, -0.25) is 4.90 Å². The van der Waals surface area contributed by atoms with Gasteiger partial charge in [-0.05, 0) is 99.4 Å². The molecule has 2 fully saturated rings. The molecular formula is C29H33N3O3. The number of hydrogen-bond acceptors (Lipinski definition) is 4. The minimum Gasteiger partial charge on any atom is -0.493 e. The van der Waals surface area contributed by atoms with Crippen molar-refractivity contribution in [2.24, 2.45) is 5.92 Å². The quantitative estimate of drug-likeness (QED) is 0.399. The largest absolute Gasteiger partial charge is 0.493 e. The van der Waals surface area contributed by atoms with E-state index in [0.717, 1.165) is 23.8 Å². The number of rotatable bonds is 7. The molecule has 0 spiro atoms. The third-order valence-corrected chi connectivity index (χ3v) is 6.90.